The van der Waals surface area contributed by atoms with Gasteiger partial charge in [0.2, 0.25) is 29.7 Å². The first-order chi connectivity index (χ1) is 47.9. The Morgan fingerprint density at radius 3 is 1.15 bits per heavy atom. The Bertz CT molecular complexity index is 3410. The van der Waals surface area contributed by atoms with Crippen LogP contribution in [0.5, 0.6) is 0 Å². The molecule has 5 aromatic rings. The van der Waals surface area contributed by atoms with Gasteiger partial charge in [-0.25, -0.2) is 29.9 Å². The van der Waals surface area contributed by atoms with Crippen LogP contribution in [0.15, 0.2) is 30.3 Å². The van der Waals surface area contributed by atoms with Gasteiger partial charge >= 0.3 is 0 Å². The molecule has 0 aromatic carbocycles. The number of nitrogens with one attached hydrogen (secondary N) is 6. The monoisotopic (exact) mass is 1420 g/mol. The fourth-order valence-corrected chi connectivity index (χ4v) is 10.3. The first-order valence-electron chi connectivity index (χ1n) is 36.8. The average Bonchev–Trinajstić information content (AvgIpc) is 0.827. The molecule has 0 aliphatic carbocycles. The van der Waals surface area contributed by atoms with Crippen LogP contribution in [0.1, 0.15) is 185 Å². The Labute approximate surface area is 610 Å². The molecule has 0 radical (unpaired) electrons. The van der Waals surface area contributed by atoms with Crippen molar-refractivity contribution in [2.75, 3.05) is 193 Å². The molecule has 27 heteroatoms. The van der Waals surface area contributed by atoms with Crippen molar-refractivity contribution in [2.24, 2.45) is 0 Å². The quantitative estimate of drug-likeness (QED) is 0.0399. The second kappa shape index (κ2) is 36.5. The van der Waals surface area contributed by atoms with Gasteiger partial charge in [-0.05, 0) is 13.3 Å². The van der Waals surface area contributed by atoms with Crippen LogP contribution in [0.2, 0.25) is 0 Å². The summed E-state index contributed by atoms with van der Waals surface area (Å²) in [6.07, 6.45) is 1.08. The normalized spacial score (nSPS) is 16.8. The summed E-state index contributed by atoms with van der Waals surface area (Å²) in [6.45, 7) is 57.3. The number of aromatic nitrogens is 10. The van der Waals surface area contributed by atoms with E-state index in [0.717, 1.165) is 205 Å². The van der Waals surface area contributed by atoms with Crippen LogP contribution in [-0.4, -0.2) is 237 Å². The molecule has 6 aliphatic heterocycles. The lowest BCUT2D eigenvalue weighted by atomic mass is 9.91. The third-order valence-electron chi connectivity index (χ3n) is 17.7. The zero-order valence-electron chi connectivity index (χ0n) is 66.4. The van der Waals surface area contributed by atoms with E-state index in [-0.39, 0.29) is 39.0 Å². The number of piperazine rings is 1. The summed E-state index contributed by atoms with van der Waals surface area (Å²) in [5, 5.41) is 20.5. The molecule has 0 bridgehead atoms. The van der Waals surface area contributed by atoms with Crippen molar-refractivity contribution >= 4 is 58.8 Å². The highest BCUT2D eigenvalue weighted by Gasteiger charge is 2.32. The zero-order valence-corrected chi connectivity index (χ0v) is 66.4. The van der Waals surface area contributed by atoms with E-state index in [4.69, 9.17) is 43.6 Å². The molecule has 6 fully saturated rings. The lowest BCUT2D eigenvalue weighted by Crippen LogP contribution is -2.56. The lowest BCUT2D eigenvalue weighted by molar-refractivity contribution is -0.132. The third-order valence-corrected chi connectivity index (χ3v) is 17.7. The van der Waals surface area contributed by atoms with E-state index in [9.17, 15) is 4.79 Å². The Hall–Kier alpha value is -7.17. The maximum absolute atomic E-state index is 11.2. The van der Waals surface area contributed by atoms with Crippen molar-refractivity contribution in [1.82, 2.24) is 60.1 Å². The molecular weight excluding hydrogens is 1290 g/mol. The van der Waals surface area contributed by atoms with Gasteiger partial charge in [0.1, 0.15) is 34.9 Å². The van der Waals surface area contributed by atoms with Crippen LogP contribution < -0.4 is 51.5 Å². The summed E-state index contributed by atoms with van der Waals surface area (Å²) < 4.78 is 25.9. The van der Waals surface area contributed by atoms with Crippen LogP contribution in [0, 0.1) is 0 Å². The lowest BCUT2D eigenvalue weighted by Gasteiger charge is -2.39. The summed E-state index contributed by atoms with van der Waals surface area (Å²) in [5.74, 6) is 8.86. The third kappa shape index (κ3) is 25.3. The number of methoxy groups -OCH3 is 1. The van der Waals surface area contributed by atoms with Crippen molar-refractivity contribution in [2.45, 2.75) is 208 Å². The highest BCUT2D eigenvalue weighted by molar-refractivity contribution is 5.74. The van der Waals surface area contributed by atoms with Crippen LogP contribution >= 0.6 is 0 Å². The van der Waals surface area contributed by atoms with Crippen molar-refractivity contribution in [3.8, 4) is 0 Å². The van der Waals surface area contributed by atoms with Gasteiger partial charge in [-0.15, -0.1) is 0 Å². The second-order valence-corrected chi connectivity index (χ2v) is 33.0. The molecule has 11 heterocycles. The molecule has 6 aliphatic rings. The van der Waals surface area contributed by atoms with E-state index in [1.165, 1.54) is 0 Å². The number of amides is 1. The minimum absolute atomic E-state index is 0.00591. The topological polar surface area (TPSA) is 280 Å². The maximum atomic E-state index is 11.2. The number of hydrogen-bond acceptors (Lipinski definition) is 26. The molecule has 27 nitrogen and oxygen atoms in total. The fourth-order valence-electron chi connectivity index (χ4n) is 10.3. The summed E-state index contributed by atoms with van der Waals surface area (Å²) in [5.41, 5.74) is 5.28. The smallest absolute Gasteiger partial charge is 0.227 e. The predicted molar refractivity (Wildman–Crippen MR) is 413 cm³/mol. The van der Waals surface area contributed by atoms with E-state index >= 15 is 0 Å². The molecule has 11 rings (SSSR count). The van der Waals surface area contributed by atoms with Crippen molar-refractivity contribution in [3.63, 3.8) is 0 Å². The Balaban J connectivity index is 0.000000179. The first-order valence-corrected chi connectivity index (χ1v) is 36.8. The number of likely N-dealkylation sites (tertiary alicyclic amines) is 1. The number of carbonyl (C=O) groups is 1. The Morgan fingerprint density at radius 1 is 0.490 bits per heavy atom. The van der Waals surface area contributed by atoms with Gasteiger partial charge in [-0.2, -0.15) is 19.9 Å². The van der Waals surface area contributed by atoms with Gasteiger partial charge in [-0.3, -0.25) is 4.79 Å². The van der Waals surface area contributed by atoms with E-state index in [1.807, 2.05) is 49.1 Å². The van der Waals surface area contributed by atoms with Crippen molar-refractivity contribution in [1.29, 1.82) is 0 Å². The molecule has 6 saturated heterocycles. The SMILES string of the molecule is CC(=O)N1CC(Nc2cc(C(C)(C)C)nc(C(C)C)n2)C1.CC(C)(C)c1cc(NC2COC2)nc(N2CCNCC2)n1.CCCN(C)c1nc(NC2COC2)cc(C(C)(C)C)n1.CCN(C)c1nc(NC2COC2)cc(C(C)(C)C)n1.COCCN(C)c1nc(NC2COC2)cc(C(C)(C)C)n1. The molecule has 0 atom stereocenters. The van der Waals surface area contributed by atoms with Gasteiger partial charge < -0.3 is 80.1 Å². The number of anilines is 9. The molecule has 0 spiro atoms. The average molecular weight is 1420 g/mol. The number of hydrogen-bond donors (Lipinski definition) is 6. The number of likely N-dealkylation sites (N-methyl/N-ethyl adjacent to an activating group) is 1. The Morgan fingerprint density at radius 2 is 0.824 bits per heavy atom. The minimum atomic E-state index is -0.0215. The molecular formula is C75H127N21O6. The summed E-state index contributed by atoms with van der Waals surface area (Å²) in [4.78, 5) is 68.2. The van der Waals surface area contributed by atoms with E-state index in [2.05, 4.69) is 220 Å². The molecule has 102 heavy (non-hydrogen) atoms. The summed E-state index contributed by atoms with van der Waals surface area (Å²) in [6, 6.07) is 12.0. The maximum Gasteiger partial charge on any atom is 0.227 e. The van der Waals surface area contributed by atoms with Crippen LogP contribution in [-0.2, 0) is 55.6 Å². The molecule has 6 N–H and O–H groups in total. The minimum Gasteiger partial charge on any atom is -0.383 e. The number of carbonyl (C=O) groups excluding carboxylic acids is 1. The van der Waals surface area contributed by atoms with Gasteiger partial charge in [0.15, 0.2) is 0 Å². The van der Waals surface area contributed by atoms with Crippen LogP contribution in [0.4, 0.5) is 52.9 Å². The summed E-state index contributed by atoms with van der Waals surface area (Å²) in [7, 11) is 7.74. The van der Waals surface area contributed by atoms with Crippen molar-refractivity contribution in [3.05, 3.63) is 64.6 Å². The molecule has 0 unspecified atom stereocenters. The highest BCUT2D eigenvalue weighted by Crippen LogP contribution is 2.31. The van der Waals surface area contributed by atoms with E-state index in [0.29, 0.717) is 36.7 Å². The molecule has 0 saturated carbocycles. The van der Waals surface area contributed by atoms with Gasteiger partial charge in [0, 0.05) is 157 Å². The van der Waals surface area contributed by atoms with Gasteiger partial charge in [-0.1, -0.05) is 125 Å². The number of rotatable bonds is 21. The van der Waals surface area contributed by atoms with Crippen LogP contribution in [0.3, 0.4) is 0 Å². The highest BCUT2D eigenvalue weighted by atomic mass is 16.5. The second-order valence-electron chi connectivity index (χ2n) is 33.0. The molecule has 1 amide bonds. The number of ether oxygens (including phenoxy) is 5. The van der Waals surface area contributed by atoms with Crippen LogP contribution in [0.25, 0.3) is 0 Å². The van der Waals surface area contributed by atoms with Crippen molar-refractivity contribution < 1.29 is 28.5 Å². The van der Waals surface area contributed by atoms with Gasteiger partial charge in [0.05, 0.1) is 118 Å². The standard InChI is InChI=1S/C16H26N4O.C15H25N5O.C15H26N4O2.C15H26N4O.C14H24N4O/c1-10(2)15-18-13(16(4,5)6)7-14(19-15)17-12-8-20(9-12)11(3)21;1-15(2,3)12-8-13(17-11-9-21-10-11)19-14(18-12)20-6-4-16-5-7-20;1-15(2,3)12-8-13(16-11-9-21-10-11)18-14(17-12)19(4)6-7-20-5;1-6-7-19(5)14-17-12(15(2,3)4)8-13(18-14)16-11-9-20-10-11;1-6-18(5)13-16-11(14(2,3)4)7-12(17-13)15-10-8-19-9-10/h7,10,12H,8-9H2,1-6H3,(H,17,18,19);8,11,16H,4-7,9-10H2,1-3H3,(H,17,18,19);8,11H,6-7,9-10H2,1-5H3,(H,16,17,18);8,11H,6-7,9-10H2,1-5H3,(H,16,17,18);7,10H,6,8-9H2,1-5H3,(H,15,16,17). The fraction of sp³-hybridized carbons (Fsp3) is 0.720. The van der Waals surface area contributed by atoms with E-state index < -0.39 is 0 Å². The molecule has 568 valence electrons. The summed E-state index contributed by atoms with van der Waals surface area (Å²) >= 11 is 0. The predicted octanol–water partition coefficient (Wildman–Crippen LogP) is 9.67. The molecule has 5 aromatic heterocycles. The van der Waals surface area contributed by atoms with Gasteiger partial charge in [0.25, 0.3) is 0 Å². The largest absolute Gasteiger partial charge is 0.383 e. The zero-order chi connectivity index (χ0) is 74.9. The first kappa shape index (κ1) is 82.1. The Kier molecular flexibility index (Phi) is 29.4. The van der Waals surface area contributed by atoms with E-state index in [1.54, 1.807) is 14.0 Å². The number of nitrogens with zero attached hydrogens (tertiary/aromatic N) is 15.